The number of hydrogen-bond acceptors (Lipinski definition) is 3. The average molecular weight is 353 g/mol. The largest absolute Gasteiger partial charge is 0.378 e. The van der Waals surface area contributed by atoms with E-state index in [1.165, 1.54) is 24.3 Å². The summed E-state index contributed by atoms with van der Waals surface area (Å²) in [5.41, 5.74) is 0.651. The maximum absolute atomic E-state index is 13.9. The first-order valence-corrected chi connectivity index (χ1v) is 7.81. The molecule has 126 valence electrons. The van der Waals surface area contributed by atoms with Gasteiger partial charge in [0.15, 0.2) is 0 Å². The van der Waals surface area contributed by atoms with E-state index in [-0.39, 0.29) is 16.3 Å². The molecule has 4 nitrogen and oxygen atoms in total. The molecule has 0 radical (unpaired) electrons. The van der Waals surface area contributed by atoms with Crippen molar-refractivity contribution < 1.29 is 18.3 Å². The van der Waals surface area contributed by atoms with E-state index in [0.29, 0.717) is 32.0 Å². The number of nitrogens with one attached hydrogen (secondary N) is 1. The predicted octanol–water partition coefficient (Wildman–Crippen LogP) is 3.71. The summed E-state index contributed by atoms with van der Waals surface area (Å²) in [6, 6.07) is 8.09. The predicted molar refractivity (Wildman–Crippen MR) is 88.8 cm³/mol. The lowest BCUT2D eigenvalue weighted by Crippen LogP contribution is -2.36. The fraction of sp³-hybridized carbons (Fsp3) is 0.235. The zero-order chi connectivity index (χ0) is 17.1. The molecule has 0 aromatic heterocycles. The molecule has 1 fully saturated rings. The van der Waals surface area contributed by atoms with E-state index in [1.54, 1.807) is 6.07 Å². The van der Waals surface area contributed by atoms with Crippen molar-refractivity contribution in [1.29, 1.82) is 0 Å². The maximum Gasteiger partial charge on any atom is 0.260 e. The fourth-order valence-corrected chi connectivity index (χ4v) is 2.84. The van der Waals surface area contributed by atoms with E-state index in [1.807, 2.05) is 4.90 Å². The zero-order valence-corrected chi connectivity index (χ0v) is 13.4. The number of carbonyl (C=O) groups is 1. The maximum atomic E-state index is 13.9. The SMILES string of the molecule is O=C(Nc1cc(F)ccc1N1CCOCC1)c1c(F)cccc1Cl. The van der Waals surface area contributed by atoms with Crippen molar-refractivity contribution in [3.05, 3.63) is 58.6 Å². The molecule has 0 saturated carbocycles. The van der Waals surface area contributed by atoms with Crippen LogP contribution in [0.1, 0.15) is 10.4 Å². The van der Waals surface area contributed by atoms with Crippen LogP contribution in [0.15, 0.2) is 36.4 Å². The molecular weight excluding hydrogens is 338 g/mol. The Morgan fingerprint density at radius 3 is 2.62 bits per heavy atom. The highest BCUT2D eigenvalue weighted by molar-refractivity contribution is 6.34. The summed E-state index contributed by atoms with van der Waals surface area (Å²) >= 11 is 5.91. The number of carbonyl (C=O) groups excluding carboxylic acids is 1. The Balaban J connectivity index is 1.91. The molecule has 7 heteroatoms. The Labute approximate surface area is 143 Å². The van der Waals surface area contributed by atoms with Gasteiger partial charge in [0, 0.05) is 13.1 Å². The van der Waals surface area contributed by atoms with Gasteiger partial charge in [0.05, 0.1) is 35.2 Å². The lowest BCUT2D eigenvalue weighted by molar-refractivity contribution is 0.102. The molecule has 24 heavy (non-hydrogen) atoms. The van der Waals surface area contributed by atoms with Gasteiger partial charge < -0.3 is 15.0 Å². The van der Waals surface area contributed by atoms with Crippen LogP contribution in [-0.2, 0) is 4.74 Å². The Hall–Kier alpha value is -2.18. The van der Waals surface area contributed by atoms with Gasteiger partial charge >= 0.3 is 0 Å². The molecule has 3 rings (SSSR count). The third kappa shape index (κ3) is 3.49. The van der Waals surface area contributed by atoms with Crippen molar-refractivity contribution in [1.82, 2.24) is 0 Å². The highest BCUT2D eigenvalue weighted by Crippen LogP contribution is 2.29. The summed E-state index contributed by atoms with van der Waals surface area (Å²) in [5.74, 6) is -1.95. The fourth-order valence-electron chi connectivity index (χ4n) is 2.59. The second-order valence-corrected chi connectivity index (χ2v) is 5.72. The van der Waals surface area contributed by atoms with Gasteiger partial charge in [-0.1, -0.05) is 17.7 Å². The topological polar surface area (TPSA) is 41.6 Å². The van der Waals surface area contributed by atoms with Crippen molar-refractivity contribution >= 4 is 28.9 Å². The van der Waals surface area contributed by atoms with Crippen LogP contribution in [0.2, 0.25) is 5.02 Å². The van der Waals surface area contributed by atoms with Gasteiger partial charge in [-0.25, -0.2) is 8.78 Å². The van der Waals surface area contributed by atoms with E-state index in [9.17, 15) is 13.6 Å². The summed E-state index contributed by atoms with van der Waals surface area (Å²) in [5, 5.41) is 2.56. The lowest BCUT2D eigenvalue weighted by Gasteiger charge is -2.30. The highest BCUT2D eigenvalue weighted by Gasteiger charge is 2.20. The number of anilines is 2. The average Bonchev–Trinajstić information content (AvgIpc) is 2.55. The number of hydrogen-bond donors (Lipinski definition) is 1. The van der Waals surface area contributed by atoms with Gasteiger partial charge in [-0.05, 0) is 30.3 Å². The van der Waals surface area contributed by atoms with Crippen molar-refractivity contribution in [3.63, 3.8) is 0 Å². The van der Waals surface area contributed by atoms with Crippen molar-refractivity contribution in [2.24, 2.45) is 0 Å². The van der Waals surface area contributed by atoms with E-state index in [2.05, 4.69) is 5.32 Å². The molecule has 0 aliphatic carbocycles. The van der Waals surface area contributed by atoms with Crippen LogP contribution in [0.25, 0.3) is 0 Å². The standard InChI is InChI=1S/C17H15ClF2N2O2/c18-12-2-1-3-13(20)16(12)17(23)21-14-10-11(19)4-5-15(14)22-6-8-24-9-7-22/h1-5,10H,6-9H2,(H,21,23). The zero-order valence-electron chi connectivity index (χ0n) is 12.7. The van der Waals surface area contributed by atoms with Gasteiger partial charge in [-0.3, -0.25) is 4.79 Å². The van der Waals surface area contributed by atoms with E-state index >= 15 is 0 Å². The van der Waals surface area contributed by atoms with Crippen molar-refractivity contribution in [3.8, 4) is 0 Å². The summed E-state index contributed by atoms with van der Waals surface area (Å²) in [6.07, 6.45) is 0. The molecule has 1 aliphatic rings. The number of rotatable bonds is 3. The molecule has 1 amide bonds. The van der Waals surface area contributed by atoms with Gasteiger partial charge in [-0.15, -0.1) is 0 Å². The van der Waals surface area contributed by atoms with E-state index < -0.39 is 17.5 Å². The van der Waals surface area contributed by atoms with Gasteiger partial charge in [0.2, 0.25) is 0 Å². The number of nitrogens with zero attached hydrogens (tertiary/aromatic N) is 1. The van der Waals surface area contributed by atoms with E-state index in [0.717, 1.165) is 6.07 Å². The molecule has 2 aromatic rings. The minimum Gasteiger partial charge on any atom is -0.378 e. The number of halogens is 3. The van der Waals surface area contributed by atoms with Gasteiger partial charge in [0.1, 0.15) is 11.6 Å². The molecule has 0 bridgehead atoms. The van der Waals surface area contributed by atoms with Crippen molar-refractivity contribution in [2.45, 2.75) is 0 Å². The van der Waals surface area contributed by atoms with Crippen molar-refractivity contribution in [2.75, 3.05) is 36.5 Å². The molecule has 1 aliphatic heterocycles. The van der Waals surface area contributed by atoms with Gasteiger partial charge in [0.25, 0.3) is 5.91 Å². The third-order valence-electron chi connectivity index (χ3n) is 3.75. The van der Waals surface area contributed by atoms with Crippen LogP contribution in [0, 0.1) is 11.6 Å². The first kappa shape index (κ1) is 16.7. The Morgan fingerprint density at radius 2 is 1.92 bits per heavy atom. The third-order valence-corrected chi connectivity index (χ3v) is 4.06. The number of ether oxygens (including phenoxy) is 1. The summed E-state index contributed by atoms with van der Waals surface area (Å²) in [7, 11) is 0. The molecular formula is C17H15ClF2N2O2. The number of amides is 1. The molecule has 0 spiro atoms. The summed E-state index contributed by atoms with van der Waals surface area (Å²) in [4.78, 5) is 14.4. The molecule has 1 saturated heterocycles. The summed E-state index contributed by atoms with van der Waals surface area (Å²) in [6.45, 7) is 2.33. The highest BCUT2D eigenvalue weighted by atomic mass is 35.5. The number of benzene rings is 2. The molecule has 0 unspecified atom stereocenters. The molecule has 0 atom stereocenters. The Morgan fingerprint density at radius 1 is 1.17 bits per heavy atom. The van der Waals surface area contributed by atoms with Crippen LogP contribution < -0.4 is 10.2 Å². The van der Waals surface area contributed by atoms with Crippen LogP contribution >= 0.6 is 11.6 Å². The van der Waals surface area contributed by atoms with Gasteiger partial charge in [-0.2, -0.15) is 0 Å². The Kier molecular flexibility index (Phi) is 4.97. The molecule has 1 heterocycles. The summed E-state index contributed by atoms with van der Waals surface area (Å²) < 4.78 is 32.8. The quantitative estimate of drug-likeness (QED) is 0.915. The monoisotopic (exact) mass is 352 g/mol. The van der Waals surface area contributed by atoms with E-state index in [4.69, 9.17) is 16.3 Å². The first-order valence-electron chi connectivity index (χ1n) is 7.44. The molecule has 1 N–H and O–H groups in total. The second kappa shape index (κ2) is 7.15. The molecule has 2 aromatic carbocycles. The van der Waals surface area contributed by atoms with Crippen LogP contribution in [-0.4, -0.2) is 32.2 Å². The lowest BCUT2D eigenvalue weighted by atomic mass is 10.1. The Bertz CT molecular complexity index is 744. The normalized spacial score (nSPS) is 14.5. The first-order chi connectivity index (χ1) is 11.6. The van der Waals surface area contributed by atoms with Crippen LogP contribution in [0.3, 0.4) is 0 Å². The minimum absolute atomic E-state index is 0.00294. The number of morpholine rings is 1. The smallest absolute Gasteiger partial charge is 0.260 e. The minimum atomic E-state index is -0.732. The second-order valence-electron chi connectivity index (χ2n) is 5.31. The van der Waals surface area contributed by atoms with Crippen LogP contribution in [0.5, 0.6) is 0 Å². The van der Waals surface area contributed by atoms with Crippen LogP contribution in [0.4, 0.5) is 20.2 Å².